The molecule has 3 unspecified atom stereocenters. The van der Waals surface area contributed by atoms with E-state index < -0.39 is 5.82 Å². The minimum Gasteiger partial charge on any atom is -0.397 e. The van der Waals surface area contributed by atoms with Crippen molar-refractivity contribution >= 4 is 23.0 Å². The number of benzene rings is 1. The molecule has 3 rings (SSSR count). The van der Waals surface area contributed by atoms with Crippen molar-refractivity contribution in [1.82, 2.24) is 0 Å². The first-order chi connectivity index (χ1) is 8.63. The molecule has 0 spiro atoms. The standard InChI is InChI=1S/C14H18ClFN2/c15-11-5-14(13(17)6-12(11)16)18-7-10-4-8-1-2-9(10)3-8/h5-6,8-10,18H,1-4,7,17H2. The van der Waals surface area contributed by atoms with Crippen molar-refractivity contribution in [2.24, 2.45) is 17.8 Å². The van der Waals surface area contributed by atoms with Crippen LogP contribution in [-0.2, 0) is 0 Å². The van der Waals surface area contributed by atoms with Gasteiger partial charge in [-0.25, -0.2) is 4.39 Å². The Morgan fingerprint density at radius 3 is 2.83 bits per heavy atom. The highest BCUT2D eigenvalue weighted by Crippen LogP contribution is 2.48. The number of hydrogen-bond donors (Lipinski definition) is 2. The van der Waals surface area contributed by atoms with Crippen LogP contribution < -0.4 is 11.1 Å². The first-order valence-corrected chi connectivity index (χ1v) is 6.99. The fraction of sp³-hybridized carbons (Fsp3) is 0.571. The summed E-state index contributed by atoms with van der Waals surface area (Å²) < 4.78 is 13.2. The van der Waals surface area contributed by atoms with Crippen LogP contribution in [0, 0.1) is 23.6 Å². The van der Waals surface area contributed by atoms with E-state index >= 15 is 0 Å². The van der Waals surface area contributed by atoms with Gasteiger partial charge in [-0.3, -0.25) is 0 Å². The van der Waals surface area contributed by atoms with E-state index in [1.54, 1.807) is 6.07 Å². The molecule has 3 atom stereocenters. The number of halogens is 2. The summed E-state index contributed by atoms with van der Waals surface area (Å²) in [6.07, 6.45) is 5.50. The lowest BCUT2D eigenvalue weighted by Gasteiger charge is -2.23. The molecule has 0 aliphatic heterocycles. The molecule has 0 saturated heterocycles. The quantitative estimate of drug-likeness (QED) is 0.816. The summed E-state index contributed by atoms with van der Waals surface area (Å²) in [5.74, 6) is 2.10. The highest BCUT2D eigenvalue weighted by atomic mass is 35.5. The van der Waals surface area contributed by atoms with Crippen molar-refractivity contribution in [3.05, 3.63) is 23.0 Å². The van der Waals surface area contributed by atoms with E-state index in [-0.39, 0.29) is 5.02 Å². The molecule has 18 heavy (non-hydrogen) atoms. The van der Waals surface area contributed by atoms with E-state index in [0.717, 1.165) is 30.0 Å². The Morgan fingerprint density at radius 1 is 1.33 bits per heavy atom. The Kier molecular flexibility index (Phi) is 3.10. The monoisotopic (exact) mass is 268 g/mol. The molecule has 98 valence electrons. The van der Waals surface area contributed by atoms with Gasteiger partial charge in [0.15, 0.2) is 0 Å². The molecule has 2 saturated carbocycles. The Labute approximate surface area is 112 Å². The van der Waals surface area contributed by atoms with E-state index in [9.17, 15) is 4.39 Å². The molecule has 0 heterocycles. The van der Waals surface area contributed by atoms with Gasteiger partial charge in [-0.2, -0.15) is 0 Å². The number of fused-ring (bicyclic) bond motifs is 2. The molecule has 2 aliphatic carbocycles. The number of anilines is 2. The first-order valence-electron chi connectivity index (χ1n) is 6.62. The number of nitrogens with one attached hydrogen (secondary N) is 1. The average Bonchev–Trinajstić information content (AvgIpc) is 2.94. The zero-order valence-electron chi connectivity index (χ0n) is 10.3. The van der Waals surface area contributed by atoms with Crippen LogP contribution in [0.5, 0.6) is 0 Å². The summed E-state index contributed by atoms with van der Waals surface area (Å²) >= 11 is 5.77. The Balaban J connectivity index is 1.65. The van der Waals surface area contributed by atoms with Gasteiger partial charge < -0.3 is 11.1 Å². The van der Waals surface area contributed by atoms with Gasteiger partial charge in [-0.05, 0) is 43.1 Å². The normalized spacial score (nSPS) is 29.8. The van der Waals surface area contributed by atoms with Gasteiger partial charge in [-0.15, -0.1) is 0 Å². The SMILES string of the molecule is Nc1cc(F)c(Cl)cc1NCC1CC2CCC1C2. The molecule has 2 nitrogen and oxygen atoms in total. The number of rotatable bonds is 3. The highest BCUT2D eigenvalue weighted by molar-refractivity contribution is 6.31. The van der Waals surface area contributed by atoms with Gasteiger partial charge in [-0.1, -0.05) is 18.0 Å². The van der Waals surface area contributed by atoms with Crippen LogP contribution in [0.2, 0.25) is 5.02 Å². The van der Waals surface area contributed by atoms with Gasteiger partial charge in [0.2, 0.25) is 0 Å². The van der Waals surface area contributed by atoms with E-state index in [0.29, 0.717) is 5.69 Å². The van der Waals surface area contributed by atoms with Crippen LogP contribution in [0.3, 0.4) is 0 Å². The zero-order valence-corrected chi connectivity index (χ0v) is 11.0. The summed E-state index contributed by atoms with van der Waals surface area (Å²) in [6, 6.07) is 2.87. The summed E-state index contributed by atoms with van der Waals surface area (Å²) in [7, 11) is 0. The van der Waals surface area contributed by atoms with Crippen LogP contribution in [0.1, 0.15) is 25.7 Å². The fourth-order valence-electron chi connectivity index (χ4n) is 3.58. The summed E-state index contributed by atoms with van der Waals surface area (Å²) in [6.45, 7) is 0.924. The smallest absolute Gasteiger partial charge is 0.143 e. The largest absolute Gasteiger partial charge is 0.397 e. The molecular weight excluding hydrogens is 251 g/mol. The maximum Gasteiger partial charge on any atom is 0.143 e. The van der Waals surface area contributed by atoms with E-state index in [4.69, 9.17) is 17.3 Å². The summed E-state index contributed by atoms with van der Waals surface area (Å²) in [4.78, 5) is 0. The minimum absolute atomic E-state index is 0.125. The van der Waals surface area contributed by atoms with E-state index in [2.05, 4.69) is 5.32 Å². The van der Waals surface area contributed by atoms with E-state index in [1.165, 1.54) is 31.7 Å². The van der Waals surface area contributed by atoms with Crippen molar-refractivity contribution < 1.29 is 4.39 Å². The lowest BCUT2D eigenvalue weighted by molar-refractivity contribution is 0.348. The number of nitrogen functional groups attached to an aromatic ring is 1. The van der Waals surface area contributed by atoms with Crippen LogP contribution in [0.25, 0.3) is 0 Å². The van der Waals surface area contributed by atoms with Crippen molar-refractivity contribution in [2.45, 2.75) is 25.7 Å². The summed E-state index contributed by atoms with van der Waals surface area (Å²) in [5.41, 5.74) is 6.97. The lowest BCUT2D eigenvalue weighted by Crippen LogP contribution is -2.20. The Bertz CT molecular complexity index is 463. The zero-order chi connectivity index (χ0) is 12.7. The second-order valence-corrected chi connectivity index (χ2v) is 6.08. The lowest BCUT2D eigenvalue weighted by atomic mass is 9.89. The summed E-state index contributed by atoms with van der Waals surface area (Å²) in [5, 5.41) is 3.46. The molecular formula is C14H18ClFN2. The molecule has 0 amide bonds. The predicted molar refractivity (Wildman–Crippen MR) is 73.3 cm³/mol. The predicted octanol–water partition coefficient (Wildman–Crippen LogP) is 3.91. The third-order valence-electron chi connectivity index (χ3n) is 4.53. The average molecular weight is 269 g/mol. The highest BCUT2D eigenvalue weighted by Gasteiger charge is 2.39. The van der Waals surface area contributed by atoms with Gasteiger partial charge in [0.1, 0.15) is 5.82 Å². The van der Waals surface area contributed by atoms with Crippen LogP contribution in [0.4, 0.5) is 15.8 Å². The molecule has 2 fully saturated rings. The topological polar surface area (TPSA) is 38.0 Å². The van der Waals surface area contributed by atoms with Crippen molar-refractivity contribution in [3.8, 4) is 0 Å². The maximum absolute atomic E-state index is 13.2. The molecule has 4 heteroatoms. The molecule has 3 N–H and O–H groups in total. The van der Waals surface area contributed by atoms with E-state index in [1.807, 2.05) is 0 Å². The van der Waals surface area contributed by atoms with Gasteiger partial charge >= 0.3 is 0 Å². The molecule has 0 aromatic heterocycles. The van der Waals surface area contributed by atoms with Crippen LogP contribution in [0.15, 0.2) is 12.1 Å². The van der Waals surface area contributed by atoms with Gasteiger partial charge in [0.05, 0.1) is 16.4 Å². The number of hydrogen-bond acceptors (Lipinski definition) is 2. The number of nitrogens with two attached hydrogens (primary N) is 1. The third kappa shape index (κ3) is 2.16. The van der Waals surface area contributed by atoms with Gasteiger partial charge in [0.25, 0.3) is 0 Å². The molecule has 2 aliphatic rings. The van der Waals surface area contributed by atoms with Crippen molar-refractivity contribution in [1.29, 1.82) is 0 Å². The van der Waals surface area contributed by atoms with Crippen molar-refractivity contribution in [3.63, 3.8) is 0 Å². The maximum atomic E-state index is 13.2. The van der Waals surface area contributed by atoms with Crippen LogP contribution in [-0.4, -0.2) is 6.54 Å². The Morgan fingerprint density at radius 2 is 2.17 bits per heavy atom. The van der Waals surface area contributed by atoms with Crippen molar-refractivity contribution in [2.75, 3.05) is 17.6 Å². The van der Waals surface area contributed by atoms with Crippen LogP contribution >= 0.6 is 11.6 Å². The molecule has 2 bridgehead atoms. The second-order valence-electron chi connectivity index (χ2n) is 5.67. The third-order valence-corrected chi connectivity index (χ3v) is 4.82. The Hall–Kier alpha value is -0.960. The molecule has 1 aromatic rings. The second kappa shape index (κ2) is 4.61. The molecule has 0 radical (unpaired) electrons. The molecule has 1 aromatic carbocycles. The fourth-order valence-corrected chi connectivity index (χ4v) is 3.75. The minimum atomic E-state index is -0.459. The van der Waals surface area contributed by atoms with Gasteiger partial charge in [0, 0.05) is 12.6 Å². The first kappa shape index (κ1) is 12.1.